The number of carbonyl (C=O) groups excluding carboxylic acids is 2. The standard InChI is InChI=1S/C25H28ClN5O4S/c1-4-31-22(20(13-15(2)3)28-23(33)18-7-5-6-8-19(18)26)29-30-25(31)36-14-21(32)27-17-11-9-16(10-12-17)24(34)35/h5-12,15,20H,4,13-14H2,1-3H3,(H,27,32)(H,28,33)(H,34,35)/t20-/m1/s1. The lowest BCUT2D eigenvalue weighted by Gasteiger charge is -2.21. The Morgan fingerprint density at radius 3 is 2.39 bits per heavy atom. The number of nitrogens with zero attached hydrogens (tertiary/aromatic N) is 3. The fraction of sp³-hybridized carbons (Fsp3) is 0.320. The van der Waals surface area contributed by atoms with Crippen LogP contribution in [0.3, 0.4) is 0 Å². The number of carboxylic acids is 1. The predicted octanol–water partition coefficient (Wildman–Crippen LogP) is 4.90. The van der Waals surface area contributed by atoms with Crippen LogP contribution < -0.4 is 10.6 Å². The number of aromatic carboxylic acids is 1. The van der Waals surface area contributed by atoms with Crippen LogP contribution in [0.25, 0.3) is 0 Å². The number of carbonyl (C=O) groups is 3. The Hall–Kier alpha value is -3.37. The van der Waals surface area contributed by atoms with Gasteiger partial charge in [0.15, 0.2) is 11.0 Å². The third-order valence-corrected chi connectivity index (χ3v) is 6.55. The molecule has 0 aliphatic rings. The molecule has 3 rings (SSSR count). The highest BCUT2D eigenvalue weighted by Crippen LogP contribution is 2.26. The van der Waals surface area contributed by atoms with Gasteiger partial charge in [-0.1, -0.05) is 49.3 Å². The lowest BCUT2D eigenvalue weighted by atomic mass is 10.0. The Bertz CT molecular complexity index is 1230. The number of halogens is 1. The molecular weight excluding hydrogens is 502 g/mol. The first-order valence-corrected chi connectivity index (χ1v) is 12.8. The first-order valence-electron chi connectivity index (χ1n) is 11.4. The van der Waals surface area contributed by atoms with Crippen LogP contribution in [0.5, 0.6) is 0 Å². The van der Waals surface area contributed by atoms with Gasteiger partial charge < -0.3 is 20.3 Å². The largest absolute Gasteiger partial charge is 0.478 e. The maximum absolute atomic E-state index is 12.9. The monoisotopic (exact) mass is 529 g/mol. The summed E-state index contributed by atoms with van der Waals surface area (Å²) in [5, 5.41) is 24.3. The van der Waals surface area contributed by atoms with Crippen molar-refractivity contribution >= 4 is 46.8 Å². The van der Waals surface area contributed by atoms with Crippen LogP contribution in [0.2, 0.25) is 5.02 Å². The Morgan fingerprint density at radius 1 is 1.08 bits per heavy atom. The number of benzene rings is 2. The van der Waals surface area contributed by atoms with E-state index in [4.69, 9.17) is 16.7 Å². The Balaban J connectivity index is 1.71. The van der Waals surface area contributed by atoms with E-state index < -0.39 is 12.0 Å². The second kappa shape index (κ2) is 12.5. The van der Waals surface area contributed by atoms with Gasteiger partial charge in [0.1, 0.15) is 0 Å². The number of nitrogens with one attached hydrogen (secondary N) is 2. The van der Waals surface area contributed by atoms with E-state index >= 15 is 0 Å². The molecule has 9 nitrogen and oxygen atoms in total. The summed E-state index contributed by atoms with van der Waals surface area (Å²) in [6.07, 6.45) is 0.645. The van der Waals surface area contributed by atoms with Gasteiger partial charge in [0.2, 0.25) is 5.91 Å². The Kier molecular flexibility index (Phi) is 9.49. The molecule has 2 aromatic carbocycles. The summed E-state index contributed by atoms with van der Waals surface area (Å²) in [6.45, 7) is 6.62. The number of thioether (sulfide) groups is 1. The molecule has 1 heterocycles. The number of amides is 2. The molecule has 0 aliphatic heterocycles. The van der Waals surface area contributed by atoms with Crippen molar-refractivity contribution < 1.29 is 19.5 Å². The van der Waals surface area contributed by atoms with Gasteiger partial charge in [-0.2, -0.15) is 0 Å². The zero-order chi connectivity index (χ0) is 26.2. The SMILES string of the molecule is CCn1c(SCC(=O)Nc2ccc(C(=O)O)cc2)nnc1[C@@H](CC(C)C)NC(=O)c1ccccc1Cl. The van der Waals surface area contributed by atoms with Crippen molar-refractivity contribution in [3.8, 4) is 0 Å². The molecule has 36 heavy (non-hydrogen) atoms. The van der Waals surface area contributed by atoms with Crippen LogP contribution in [-0.4, -0.2) is 43.4 Å². The molecule has 0 aliphatic carbocycles. The molecule has 0 radical (unpaired) electrons. The van der Waals surface area contributed by atoms with Crippen molar-refractivity contribution in [2.24, 2.45) is 5.92 Å². The van der Waals surface area contributed by atoms with Crippen LogP contribution in [0.15, 0.2) is 53.7 Å². The number of hydrogen-bond donors (Lipinski definition) is 3. The number of hydrogen-bond acceptors (Lipinski definition) is 6. The highest BCUT2D eigenvalue weighted by Gasteiger charge is 2.25. The summed E-state index contributed by atoms with van der Waals surface area (Å²) in [5.74, 6) is -0.617. The fourth-order valence-electron chi connectivity index (χ4n) is 3.57. The van der Waals surface area contributed by atoms with Crippen molar-refractivity contribution in [1.82, 2.24) is 20.1 Å². The molecule has 1 atom stereocenters. The van der Waals surface area contributed by atoms with Crippen LogP contribution >= 0.6 is 23.4 Å². The summed E-state index contributed by atoms with van der Waals surface area (Å²) < 4.78 is 1.89. The van der Waals surface area contributed by atoms with Crippen LogP contribution in [0, 0.1) is 5.92 Å². The maximum Gasteiger partial charge on any atom is 0.335 e. The average Bonchev–Trinajstić information content (AvgIpc) is 3.25. The topological polar surface area (TPSA) is 126 Å². The number of carboxylic acid groups (broad SMARTS) is 1. The van der Waals surface area contributed by atoms with E-state index in [1.807, 2.05) is 11.5 Å². The van der Waals surface area contributed by atoms with Gasteiger partial charge in [0, 0.05) is 12.2 Å². The molecule has 3 N–H and O–H groups in total. The molecule has 0 saturated heterocycles. The maximum atomic E-state index is 12.9. The summed E-state index contributed by atoms with van der Waals surface area (Å²) in [4.78, 5) is 36.4. The summed E-state index contributed by atoms with van der Waals surface area (Å²) >= 11 is 7.44. The van der Waals surface area contributed by atoms with Gasteiger partial charge in [-0.3, -0.25) is 9.59 Å². The second-order valence-electron chi connectivity index (χ2n) is 8.44. The van der Waals surface area contributed by atoms with E-state index in [1.165, 1.54) is 36.0 Å². The lowest BCUT2D eigenvalue weighted by Crippen LogP contribution is -2.31. The van der Waals surface area contributed by atoms with E-state index in [1.54, 1.807) is 24.3 Å². The molecule has 190 valence electrons. The van der Waals surface area contributed by atoms with Gasteiger partial charge in [0.25, 0.3) is 5.91 Å². The van der Waals surface area contributed by atoms with Gasteiger partial charge in [-0.25, -0.2) is 4.79 Å². The molecule has 0 unspecified atom stereocenters. The van der Waals surface area contributed by atoms with Gasteiger partial charge >= 0.3 is 5.97 Å². The zero-order valence-corrected chi connectivity index (χ0v) is 21.8. The minimum atomic E-state index is -1.03. The number of rotatable bonds is 11. The van der Waals surface area contributed by atoms with Crippen molar-refractivity contribution in [2.45, 2.75) is 44.9 Å². The van der Waals surface area contributed by atoms with Crippen molar-refractivity contribution in [3.63, 3.8) is 0 Å². The Morgan fingerprint density at radius 2 is 1.78 bits per heavy atom. The van der Waals surface area contributed by atoms with Crippen molar-refractivity contribution in [1.29, 1.82) is 0 Å². The first kappa shape index (κ1) is 27.2. The fourth-order valence-corrected chi connectivity index (χ4v) is 4.60. The van der Waals surface area contributed by atoms with Crippen LogP contribution in [0.1, 0.15) is 59.8 Å². The Labute approximate surface area is 218 Å². The minimum absolute atomic E-state index is 0.0830. The highest BCUT2D eigenvalue weighted by molar-refractivity contribution is 7.99. The quantitative estimate of drug-likeness (QED) is 0.301. The molecule has 0 saturated carbocycles. The van der Waals surface area contributed by atoms with E-state index in [-0.39, 0.29) is 29.0 Å². The molecule has 0 spiro atoms. The molecular formula is C25H28ClN5O4S. The number of aromatic nitrogens is 3. The minimum Gasteiger partial charge on any atom is -0.478 e. The lowest BCUT2D eigenvalue weighted by molar-refractivity contribution is -0.113. The van der Waals surface area contributed by atoms with E-state index in [2.05, 4.69) is 34.7 Å². The van der Waals surface area contributed by atoms with Crippen LogP contribution in [0.4, 0.5) is 5.69 Å². The second-order valence-corrected chi connectivity index (χ2v) is 9.79. The molecule has 0 bridgehead atoms. The summed E-state index contributed by atoms with van der Waals surface area (Å²) in [7, 11) is 0. The van der Waals surface area contributed by atoms with Gasteiger partial charge in [-0.15, -0.1) is 10.2 Å². The molecule has 1 aromatic heterocycles. The smallest absolute Gasteiger partial charge is 0.335 e. The number of anilines is 1. The third kappa shape index (κ3) is 7.08. The molecule has 11 heteroatoms. The van der Waals surface area contributed by atoms with Crippen molar-refractivity contribution in [3.05, 3.63) is 70.5 Å². The van der Waals surface area contributed by atoms with E-state index in [0.29, 0.717) is 40.2 Å². The molecule has 3 aromatic rings. The average molecular weight is 530 g/mol. The summed E-state index contributed by atoms with van der Waals surface area (Å²) in [6, 6.07) is 12.4. The van der Waals surface area contributed by atoms with E-state index in [0.717, 1.165) is 0 Å². The first-order chi connectivity index (χ1) is 17.2. The van der Waals surface area contributed by atoms with Crippen LogP contribution in [-0.2, 0) is 11.3 Å². The third-order valence-electron chi connectivity index (χ3n) is 5.25. The van der Waals surface area contributed by atoms with Gasteiger partial charge in [0.05, 0.1) is 27.9 Å². The van der Waals surface area contributed by atoms with Crippen molar-refractivity contribution in [2.75, 3.05) is 11.1 Å². The summed E-state index contributed by atoms with van der Waals surface area (Å²) in [5.41, 5.74) is 1.03. The zero-order valence-electron chi connectivity index (χ0n) is 20.2. The predicted molar refractivity (Wildman–Crippen MR) is 140 cm³/mol. The van der Waals surface area contributed by atoms with E-state index in [9.17, 15) is 14.4 Å². The van der Waals surface area contributed by atoms with Gasteiger partial charge in [-0.05, 0) is 55.7 Å². The normalized spacial score (nSPS) is 11.8. The molecule has 0 fully saturated rings. The molecule has 2 amide bonds. The highest BCUT2D eigenvalue weighted by atomic mass is 35.5.